The highest BCUT2D eigenvalue weighted by Crippen LogP contribution is 2.19. The van der Waals surface area contributed by atoms with Crippen molar-refractivity contribution in [2.75, 3.05) is 33.4 Å². The fourth-order valence-electron chi connectivity index (χ4n) is 2.90. The van der Waals surface area contributed by atoms with Crippen LogP contribution in [0.25, 0.3) is 11.3 Å². The van der Waals surface area contributed by atoms with Gasteiger partial charge < -0.3 is 24.6 Å². The molecule has 0 saturated carbocycles. The molecular weight excluding hydrogens is 471 g/mol. The Bertz CT molecular complexity index is 702. The summed E-state index contributed by atoms with van der Waals surface area (Å²) in [6, 6.07) is 11.9. The van der Waals surface area contributed by atoms with Gasteiger partial charge in [0.25, 0.3) is 0 Å². The number of aromatic nitrogens is 1. The van der Waals surface area contributed by atoms with Gasteiger partial charge in [-0.15, -0.1) is 24.0 Å². The van der Waals surface area contributed by atoms with E-state index < -0.39 is 0 Å². The van der Waals surface area contributed by atoms with Crippen LogP contribution in [-0.2, 0) is 16.0 Å². The molecular formula is C20H29IN4O3. The van der Waals surface area contributed by atoms with Crippen molar-refractivity contribution in [1.29, 1.82) is 0 Å². The molecule has 28 heavy (non-hydrogen) atoms. The molecule has 154 valence electrons. The zero-order chi connectivity index (χ0) is 18.7. The molecule has 1 atom stereocenters. The van der Waals surface area contributed by atoms with Crippen LogP contribution < -0.4 is 10.6 Å². The first kappa shape index (κ1) is 22.6. The molecule has 2 heterocycles. The van der Waals surface area contributed by atoms with Gasteiger partial charge in [-0.1, -0.05) is 35.5 Å². The van der Waals surface area contributed by atoms with Gasteiger partial charge in [-0.05, 0) is 19.3 Å². The van der Waals surface area contributed by atoms with E-state index in [2.05, 4.69) is 20.8 Å². The number of rotatable bonds is 9. The van der Waals surface area contributed by atoms with E-state index in [0.717, 1.165) is 55.4 Å². The normalized spacial score (nSPS) is 16.6. The Balaban J connectivity index is 0.00000280. The topological polar surface area (TPSA) is 80.9 Å². The second-order valence-corrected chi connectivity index (χ2v) is 6.46. The summed E-state index contributed by atoms with van der Waals surface area (Å²) in [6.07, 6.45) is 3.46. The van der Waals surface area contributed by atoms with Gasteiger partial charge in [0.15, 0.2) is 11.7 Å². The first-order chi connectivity index (χ1) is 13.3. The highest BCUT2D eigenvalue weighted by molar-refractivity contribution is 14.0. The summed E-state index contributed by atoms with van der Waals surface area (Å²) in [5, 5.41) is 10.6. The summed E-state index contributed by atoms with van der Waals surface area (Å²) in [5.41, 5.74) is 1.85. The molecule has 0 spiro atoms. The van der Waals surface area contributed by atoms with E-state index in [1.54, 1.807) is 7.05 Å². The van der Waals surface area contributed by atoms with Crippen molar-refractivity contribution >= 4 is 29.9 Å². The maximum Gasteiger partial charge on any atom is 0.191 e. The summed E-state index contributed by atoms with van der Waals surface area (Å²) in [5.74, 6) is 1.50. The Morgan fingerprint density at radius 1 is 1.29 bits per heavy atom. The number of guanidine groups is 1. The minimum absolute atomic E-state index is 0. The first-order valence-electron chi connectivity index (χ1n) is 9.50. The third kappa shape index (κ3) is 7.40. The van der Waals surface area contributed by atoms with E-state index in [0.29, 0.717) is 19.8 Å². The summed E-state index contributed by atoms with van der Waals surface area (Å²) < 4.78 is 16.6. The van der Waals surface area contributed by atoms with Crippen molar-refractivity contribution in [3.63, 3.8) is 0 Å². The lowest BCUT2D eigenvalue weighted by molar-refractivity contribution is 0.0168. The van der Waals surface area contributed by atoms with E-state index in [4.69, 9.17) is 14.0 Å². The molecule has 0 aliphatic carbocycles. The highest BCUT2D eigenvalue weighted by atomic mass is 127. The second-order valence-electron chi connectivity index (χ2n) is 6.46. The molecule has 1 saturated heterocycles. The number of nitrogens with one attached hydrogen (secondary N) is 2. The number of nitrogens with zero attached hydrogens (tertiary/aromatic N) is 2. The van der Waals surface area contributed by atoms with Gasteiger partial charge >= 0.3 is 0 Å². The highest BCUT2D eigenvalue weighted by Gasteiger charge is 2.14. The minimum Gasteiger partial charge on any atom is -0.379 e. The van der Waals surface area contributed by atoms with E-state index in [9.17, 15) is 0 Å². The Morgan fingerprint density at radius 3 is 2.89 bits per heavy atom. The van der Waals surface area contributed by atoms with Crippen LogP contribution in [0.5, 0.6) is 0 Å². The van der Waals surface area contributed by atoms with Crippen molar-refractivity contribution in [3.05, 3.63) is 42.1 Å². The zero-order valence-corrected chi connectivity index (χ0v) is 18.6. The number of hydrogen-bond donors (Lipinski definition) is 2. The van der Waals surface area contributed by atoms with Crippen LogP contribution >= 0.6 is 24.0 Å². The van der Waals surface area contributed by atoms with Crippen molar-refractivity contribution in [3.8, 4) is 11.3 Å². The second kappa shape index (κ2) is 12.7. The Morgan fingerprint density at radius 2 is 2.14 bits per heavy atom. The van der Waals surface area contributed by atoms with E-state index in [-0.39, 0.29) is 30.1 Å². The molecule has 0 radical (unpaired) electrons. The Labute approximate surface area is 183 Å². The van der Waals surface area contributed by atoms with Crippen molar-refractivity contribution < 1.29 is 14.0 Å². The van der Waals surface area contributed by atoms with Gasteiger partial charge in [-0.25, -0.2) is 0 Å². The van der Waals surface area contributed by atoms with Crippen LogP contribution in [0.15, 0.2) is 45.9 Å². The molecule has 1 aromatic heterocycles. The summed E-state index contributed by atoms with van der Waals surface area (Å²) >= 11 is 0. The summed E-state index contributed by atoms with van der Waals surface area (Å²) in [7, 11) is 1.75. The Hall–Kier alpha value is -1.65. The minimum atomic E-state index is 0. The maximum atomic E-state index is 5.66. The molecule has 7 nitrogen and oxygen atoms in total. The molecule has 0 amide bonds. The van der Waals surface area contributed by atoms with Crippen molar-refractivity contribution in [2.24, 2.45) is 4.99 Å². The van der Waals surface area contributed by atoms with Crippen molar-refractivity contribution in [1.82, 2.24) is 15.8 Å². The smallest absolute Gasteiger partial charge is 0.191 e. The van der Waals surface area contributed by atoms with Crippen LogP contribution in [0.2, 0.25) is 0 Å². The SMILES string of the molecule is CN=C(NCCCOCC1CCCO1)NCc1cc(-c2ccccc2)on1.I. The van der Waals surface area contributed by atoms with Crippen LogP contribution in [0.1, 0.15) is 25.0 Å². The van der Waals surface area contributed by atoms with Crippen LogP contribution in [0.3, 0.4) is 0 Å². The molecule has 1 aliphatic heterocycles. The first-order valence-corrected chi connectivity index (χ1v) is 9.50. The largest absolute Gasteiger partial charge is 0.379 e. The van der Waals surface area contributed by atoms with Gasteiger partial charge in [0, 0.05) is 38.4 Å². The number of aliphatic imine (C=N–C) groups is 1. The third-order valence-corrected chi connectivity index (χ3v) is 4.36. The average Bonchev–Trinajstić information content (AvgIpc) is 3.39. The van der Waals surface area contributed by atoms with E-state index in [1.165, 1.54) is 0 Å². The Kier molecular flexibility index (Phi) is 10.3. The van der Waals surface area contributed by atoms with E-state index in [1.807, 2.05) is 36.4 Å². The summed E-state index contributed by atoms with van der Waals surface area (Å²) in [6.45, 7) is 3.62. The number of benzene rings is 1. The predicted octanol–water partition coefficient (Wildman–Crippen LogP) is 3.21. The lowest BCUT2D eigenvalue weighted by Crippen LogP contribution is -2.37. The van der Waals surface area contributed by atoms with Crippen LogP contribution in [-0.4, -0.2) is 50.6 Å². The molecule has 2 N–H and O–H groups in total. The monoisotopic (exact) mass is 500 g/mol. The van der Waals surface area contributed by atoms with Gasteiger partial charge in [-0.2, -0.15) is 0 Å². The lowest BCUT2D eigenvalue weighted by atomic mass is 10.2. The molecule has 2 aromatic rings. The van der Waals surface area contributed by atoms with E-state index >= 15 is 0 Å². The van der Waals surface area contributed by atoms with Crippen LogP contribution in [0, 0.1) is 0 Å². The fraction of sp³-hybridized carbons (Fsp3) is 0.500. The molecule has 1 aromatic carbocycles. The number of halogens is 1. The lowest BCUT2D eigenvalue weighted by Gasteiger charge is -2.12. The van der Waals surface area contributed by atoms with Gasteiger partial charge in [0.2, 0.25) is 0 Å². The average molecular weight is 500 g/mol. The molecule has 0 bridgehead atoms. The standard InChI is InChI=1S/C20H28N4O3.HI/c1-21-20(22-10-6-11-25-15-18-9-5-12-26-18)23-14-17-13-19(27-24-17)16-7-3-2-4-8-16;/h2-4,7-8,13,18H,5-6,9-12,14-15H2,1H3,(H2,21,22,23);1H. The van der Waals surface area contributed by atoms with Crippen LogP contribution in [0.4, 0.5) is 0 Å². The predicted molar refractivity (Wildman–Crippen MR) is 120 cm³/mol. The molecule has 8 heteroatoms. The van der Waals surface area contributed by atoms with Gasteiger partial charge in [0.1, 0.15) is 5.69 Å². The molecule has 1 aliphatic rings. The van der Waals surface area contributed by atoms with Gasteiger partial charge in [-0.3, -0.25) is 4.99 Å². The van der Waals surface area contributed by atoms with Crippen molar-refractivity contribution in [2.45, 2.75) is 31.9 Å². The fourth-order valence-corrected chi connectivity index (χ4v) is 2.90. The van der Waals surface area contributed by atoms with Gasteiger partial charge in [0.05, 0.1) is 19.3 Å². The third-order valence-electron chi connectivity index (χ3n) is 4.36. The molecule has 1 unspecified atom stereocenters. The molecule has 1 fully saturated rings. The number of ether oxygens (including phenoxy) is 2. The molecule has 3 rings (SSSR count). The maximum absolute atomic E-state index is 5.66. The quantitative estimate of drug-likeness (QED) is 0.238. The summed E-state index contributed by atoms with van der Waals surface area (Å²) in [4.78, 5) is 4.22. The zero-order valence-electron chi connectivity index (χ0n) is 16.2. The number of hydrogen-bond acceptors (Lipinski definition) is 5.